The zero-order valence-corrected chi connectivity index (χ0v) is 24.1. The molecule has 4 N–H and O–H groups in total. The Hall–Kier alpha value is -2.01. The quantitative estimate of drug-likeness (QED) is 0.332. The molecule has 7 aliphatic rings. The Balaban J connectivity index is 1.34. The van der Waals surface area contributed by atoms with Gasteiger partial charge in [-0.1, -0.05) is 19.1 Å². The van der Waals surface area contributed by atoms with E-state index in [4.69, 9.17) is 14.2 Å². The minimum atomic E-state index is -1.70. The number of hydrogen-bond acceptors (Lipinski definition) is 8. The van der Waals surface area contributed by atoms with E-state index >= 15 is 0 Å². The van der Waals surface area contributed by atoms with Crippen molar-refractivity contribution in [3.05, 3.63) is 46.3 Å². The molecule has 8 rings (SSSR count). The summed E-state index contributed by atoms with van der Waals surface area (Å²) in [5.41, 5.74) is 0.802. The van der Waals surface area contributed by atoms with Crippen LogP contribution in [0.25, 0.3) is 0 Å². The topological polar surface area (TPSA) is 124 Å². The maximum Gasteiger partial charge on any atom is 0.340 e. The fraction of sp³-hybridized carbons (Fsp3) is 0.710. The lowest BCUT2D eigenvalue weighted by molar-refractivity contribution is -0.431. The third-order valence-corrected chi connectivity index (χ3v) is 11.8. The van der Waals surface area contributed by atoms with Gasteiger partial charge in [-0.05, 0) is 70.2 Å². The first-order valence-electron chi connectivity index (χ1n) is 14.7. The number of carbonyl (C=O) groups is 1. The van der Waals surface area contributed by atoms with Crippen LogP contribution in [0.4, 0.5) is 0 Å². The van der Waals surface area contributed by atoms with E-state index in [-0.39, 0.29) is 11.9 Å². The van der Waals surface area contributed by atoms with Gasteiger partial charge in [-0.15, -0.1) is 0 Å². The van der Waals surface area contributed by atoms with E-state index in [0.717, 1.165) is 28.9 Å². The largest absolute Gasteiger partial charge is 0.454 e. The standard InChI is InChI=1S/C31H42N2O7/c1-17-15-32-18(2)24(17)26(36)39-19(3)20-8-9-29-22-7-6-21-25(35)30(37)11-10-27(21,4)31(22,40-30)23(34)14-28(20,29)16-33(5)12-13-38-29/h7-8,15,19,21,23,25,32,34-35,37H,6,9-14,16H2,1-5H3. The number of carbonyl (C=O) groups excluding carboxylic acids is 1. The normalized spacial score (nSPS) is 46.5. The molecule has 9 nitrogen and oxygen atoms in total. The number of esters is 1. The van der Waals surface area contributed by atoms with Crippen LogP contribution in [0.1, 0.15) is 67.6 Å². The number of aromatic nitrogens is 1. The summed E-state index contributed by atoms with van der Waals surface area (Å²) in [5, 5.41) is 34.9. The van der Waals surface area contributed by atoms with Crippen molar-refractivity contribution < 1.29 is 34.3 Å². The molecule has 2 saturated carbocycles. The number of likely N-dealkylation sites (N-methyl/N-ethyl adjacent to an activating group) is 1. The molecule has 0 aromatic carbocycles. The summed E-state index contributed by atoms with van der Waals surface area (Å²) < 4.78 is 19.7. The fourth-order valence-electron chi connectivity index (χ4n) is 9.93. The van der Waals surface area contributed by atoms with Crippen molar-refractivity contribution >= 4 is 5.97 Å². The molecule has 3 saturated heterocycles. The molecule has 1 aromatic rings. The van der Waals surface area contributed by atoms with Gasteiger partial charge in [0.1, 0.15) is 23.4 Å². The van der Waals surface area contributed by atoms with Gasteiger partial charge < -0.3 is 39.4 Å². The number of nitrogens with one attached hydrogen (secondary N) is 1. The summed E-state index contributed by atoms with van der Waals surface area (Å²) in [5.74, 6) is -2.30. The first kappa shape index (κ1) is 26.9. The van der Waals surface area contributed by atoms with Crippen LogP contribution in [0.2, 0.25) is 0 Å². The van der Waals surface area contributed by atoms with Gasteiger partial charge in [0.15, 0.2) is 5.79 Å². The Labute approximate surface area is 235 Å². The number of aliphatic hydroxyl groups excluding tert-OH is 2. The molecule has 4 aliphatic carbocycles. The van der Waals surface area contributed by atoms with Gasteiger partial charge in [0, 0.05) is 48.1 Å². The number of hydrogen-bond donors (Lipinski definition) is 4. The van der Waals surface area contributed by atoms with E-state index in [1.54, 1.807) is 0 Å². The Morgan fingerprint density at radius 1 is 1.25 bits per heavy atom. The van der Waals surface area contributed by atoms with Crippen molar-refractivity contribution in [2.45, 2.75) is 95.1 Å². The van der Waals surface area contributed by atoms with E-state index in [2.05, 4.69) is 36.0 Å². The van der Waals surface area contributed by atoms with Crippen LogP contribution in [0.3, 0.4) is 0 Å². The molecule has 4 heterocycles. The highest BCUT2D eigenvalue weighted by atomic mass is 16.7. The molecule has 9 atom stereocenters. The average Bonchev–Trinajstić information content (AvgIpc) is 3.33. The van der Waals surface area contributed by atoms with Crippen LogP contribution in [-0.4, -0.2) is 93.2 Å². The number of aliphatic hydroxyl groups is 3. The number of H-pyrrole nitrogens is 1. The molecule has 9 heteroatoms. The number of aryl methyl sites for hydroxylation is 2. The minimum absolute atomic E-state index is 0.225. The van der Waals surface area contributed by atoms with Gasteiger partial charge in [0.05, 0.1) is 18.3 Å². The highest BCUT2D eigenvalue weighted by Crippen LogP contribution is 2.74. The van der Waals surface area contributed by atoms with Gasteiger partial charge in [0.25, 0.3) is 0 Å². The molecule has 5 fully saturated rings. The first-order valence-corrected chi connectivity index (χ1v) is 14.7. The SMILES string of the molecule is Cc1c[nH]c(C)c1C(=O)OC(C)C1=CCC23OCCN(C)CC12CC(O)C12OC4(O)CCC1(C)C(CC=C32)C4O. The van der Waals surface area contributed by atoms with Gasteiger partial charge in [-0.3, -0.25) is 0 Å². The summed E-state index contributed by atoms with van der Waals surface area (Å²) in [4.78, 5) is 18.7. The molecule has 0 radical (unpaired) electrons. The van der Waals surface area contributed by atoms with Gasteiger partial charge >= 0.3 is 5.97 Å². The second kappa shape index (κ2) is 8.30. The van der Waals surface area contributed by atoms with Gasteiger partial charge in [0.2, 0.25) is 0 Å². The number of nitrogens with zero attached hydrogens (tertiary/aromatic N) is 1. The summed E-state index contributed by atoms with van der Waals surface area (Å²) in [7, 11) is 2.06. The fourth-order valence-corrected chi connectivity index (χ4v) is 9.93. The van der Waals surface area contributed by atoms with Crippen LogP contribution in [0, 0.1) is 30.6 Å². The van der Waals surface area contributed by atoms with Crippen LogP contribution < -0.4 is 0 Å². The first-order chi connectivity index (χ1) is 18.9. The molecule has 4 bridgehead atoms. The van der Waals surface area contributed by atoms with E-state index in [9.17, 15) is 20.1 Å². The third-order valence-electron chi connectivity index (χ3n) is 11.8. The van der Waals surface area contributed by atoms with Crippen LogP contribution in [-0.2, 0) is 14.2 Å². The molecular formula is C31H42N2O7. The number of rotatable bonds is 3. The Kier molecular flexibility index (Phi) is 5.57. The number of aromatic amines is 1. The highest BCUT2D eigenvalue weighted by molar-refractivity contribution is 5.92. The minimum Gasteiger partial charge on any atom is -0.454 e. The maximum atomic E-state index is 13.3. The Morgan fingerprint density at radius 2 is 2.02 bits per heavy atom. The number of ether oxygens (including phenoxy) is 3. The molecular weight excluding hydrogens is 512 g/mol. The molecule has 1 spiro atoms. The lowest BCUT2D eigenvalue weighted by Gasteiger charge is -2.74. The van der Waals surface area contributed by atoms with Crippen LogP contribution in [0.5, 0.6) is 0 Å². The second-order valence-corrected chi connectivity index (χ2v) is 13.6. The third kappa shape index (κ3) is 2.96. The molecule has 1 aromatic heterocycles. The van der Waals surface area contributed by atoms with Crippen molar-refractivity contribution in [1.82, 2.24) is 9.88 Å². The van der Waals surface area contributed by atoms with Crippen molar-refractivity contribution in [1.29, 1.82) is 0 Å². The van der Waals surface area contributed by atoms with E-state index in [1.807, 2.05) is 27.0 Å². The number of fused-ring (bicyclic) bond motifs is 1. The Bertz CT molecular complexity index is 1320. The van der Waals surface area contributed by atoms with E-state index in [0.29, 0.717) is 50.8 Å². The number of allylic oxidation sites excluding steroid dienone is 1. The molecule has 0 amide bonds. The molecule has 40 heavy (non-hydrogen) atoms. The molecule has 9 unspecified atom stereocenters. The van der Waals surface area contributed by atoms with E-state index in [1.165, 1.54) is 0 Å². The van der Waals surface area contributed by atoms with Crippen LogP contribution in [0.15, 0.2) is 29.5 Å². The lowest BCUT2D eigenvalue weighted by Crippen LogP contribution is -2.82. The Morgan fingerprint density at radius 3 is 2.75 bits per heavy atom. The summed E-state index contributed by atoms with van der Waals surface area (Å²) >= 11 is 0. The predicted octanol–water partition coefficient (Wildman–Crippen LogP) is 2.52. The average molecular weight is 555 g/mol. The van der Waals surface area contributed by atoms with Crippen molar-refractivity contribution in [2.75, 3.05) is 26.7 Å². The second-order valence-electron chi connectivity index (χ2n) is 13.6. The maximum absolute atomic E-state index is 13.3. The lowest BCUT2D eigenvalue weighted by atomic mass is 9.40. The summed E-state index contributed by atoms with van der Waals surface area (Å²) in [6.07, 6.45) is 6.04. The monoisotopic (exact) mass is 554 g/mol. The zero-order valence-electron chi connectivity index (χ0n) is 24.1. The summed E-state index contributed by atoms with van der Waals surface area (Å²) in [6.45, 7) is 9.64. The van der Waals surface area contributed by atoms with Crippen LogP contribution >= 0.6 is 0 Å². The summed E-state index contributed by atoms with van der Waals surface area (Å²) in [6, 6.07) is 0. The van der Waals surface area contributed by atoms with Gasteiger partial charge in [-0.25, -0.2) is 4.79 Å². The van der Waals surface area contributed by atoms with Crippen molar-refractivity contribution in [2.24, 2.45) is 16.7 Å². The highest BCUT2D eigenvalue weighted by Gasteiger charge is 2.81. The van der Waals surface area contributed by atoms with E-state index < -0.39 is 46.1 Å². The zero-order chi connectivity index (χ0) is 28.5. The molecule has 218 valence electrons. The van der Waals surface area contributed by atoms with Crippen molar-refractivity contribution in [3.63, 3.8) is 0 Å². The van der Waals surface area contributed by atoms with Gasteiger partial charge in [-0.2, -0.15) is 0 Å². The smallest absolute Gasteiger partial charge is 0.340 e. The predicted molar refractivity (Wildman–Crippen MR) is 145 cm³/mol. The molecule has 3 aliphatic heterocycles. The van der Waals surface area contributed by atoms with Crippen molar-refractivity contribution in [3.8, 4) is 0 Å².